The van der Waals surface area contributed by atoms with Crippen molar-refractivity contribution in [3.05, 3.63) is 59.1 Å². The largest absolute Gasteiger partial charge is 0.343 e. The summed E-state index contributed by atoms with van der Waals surface area (Å²) < 4.78 is 0. The van der Waals surface area contributed by atoms with Crippen molar-refractivity contribution in [1.29, 1.82) is 0 Å². The van der Waals surface area contributed by atoms with Crippen molar-refractivity contribution < 1.29 is 14.4 Å². The molecule has 0 unspecified atom stereocenters. The molecule has 118 valence electrons. The van der Waals surface area contributed by atoms with Crippen LogP contribution in [0, 0.1) is 0 Å². The van der Waals surface area contributed by atoms with Gasteiger partial charge >= 0.3 is 0 Å². The SMILES string of the molecule is O=C(CNC(=O)c1cccc(Cl)c1)NNC(=O)c1cnccn1. The van der Waals surface area contributed by atoms with Crippen LogP contribution in [0.4, 0.5) is 0 Å². The maximum absolute atomic E-state index is 11.8. The molecule has 0 aliphatic rings. The predicted octanol–water partition coefficient (Wildman–Crippen LogP) is 0.321. The Kier molecular flexibility index (Phi) is 5.59. The third-order valence-corrected chi connectivity index (χ3v) is 2.84. The molecule has 9 heteroatoms. The lowest BCUT2D eigenvalue weighted by atomic mass is 10.2. The molecule has 23 heavy (non-hydrogen) atoms. The van der Waals surface area contributed by atoms with Crippen molar-refractivity contribution in [2.24, 2.45) is 0 Å². The summed E-state index contributed by atoms with van der Waals surface area (Å²) in [5, 5.41) is 2.82. The lowest BCUT2D eigenvalue weighted by Crippen LogP contribution is -2.46. The number of amides is 3. The summed E-state index contributed by atoms with van der Waals surface area (Å²) in [6, 6.07) is 6.30. The van der Waals surface area contributed by atoms with Crippen molar-refractivity contribution in [1.82, 2.24) is 26.1 Å². The zero-order chi connectivity index (χ0) is 16.7. The molecule has 0 spiro atoms. The second-order valence-corrected chi connectivity index (χ2v) is 4.72. The molecule has 1 heterocycles. The maximum atomic E-state index is 11.8. The van der Waals surface area contributed by atoms with E-state index < -0.39 is 17.7 Å². The van der Waals surface area contributed by atoms with Gasteiger partial charge in [-0.25, -0.2) is 4.98 Å². The molecule has 3 N–H and O–H groups in total. The van der Waals surface area contributed by atoms with Crippen LogP contribution in [0.15, 0.2) is 42.9 Å². The first-order valence-electron chi connectivity index (χ1n) is 6.45. The van der Waals surface area contributed by atoms with Crippen molar-refractivity contribution in [3.63, 3.8) is 0 Å². The minimum absolute atomic E-state index is 0.0516. The van der Waals surface area contributed by atoms with Crippen LogP contribution < -0.4 is 16.2 Å². The summed E-state index contributed by atoms with van der Waals surface area (Å²) in [7, 11) is 0. The van der Waals surface area contributed by atoms with E-state index in [-0.39, 0.29) is 12.2 Å². The van der Waals surface area contributed by atoms with Gasteiger partial charge in [0.25, 0.3) is 17.7 Å². The van der Waals surface area contributed by atoms with Crippen LogP contribution in [-0.4, -0.2) is 34.2 Å². The molecule has 0 fully saturated rings. The number of aromatic nitrogens is 2. The fraction of sp³-hybridized carbons (Fsp3) is 0.0714. The highest BCUT2D eigenvalue weighted by molar-refractivity contribution is 6.30. The van der Waals surface area contributed by atoms with Gasteiger partial charge in [0.2, 0.25) is 0 Å². The Morgan fingerprint density at radius 2 is 1.91 bits per heavy atom. The smallest absolute Gasteiger partial charge is 0.289 e. The van der Waals surface area contributed by atoms with Gasteiger partial charge in [0.05, 0.1) is 12.7 Å². The molecule has 0 atom stereocenters. The Morgan fingerprint density at radius 3 is 2.61 bits per heavy atom. The standard InChI is InChI=1S/C14H12ClN5O3/c15-10-3-1-2-9(6-10)13(22)18-8-12(21)19-20-14(23)11-7-16-4-5-17-11/h1-7H,8H2,(H,18,22)(H,19,21)(H,20,23). The van der Waals surface area contributed by atoms with Crippen LogP contribution in [0.2, 0.25) is 5.02 Å². The minimum atomic E-state index is -0.618. The molecule has 2 aromatic rings. The zero-order valence-corrected chi connectivity index (χ0v) is 12.5. The molecule has 1 aromatic carbocycles. The maximum Gasteiger partial charge on any atom is 0.289 e. The van der Waals surface area contributed by atoms with E-state index in [1.165, 1.54) is 24.7 Å². The number of benzene rings is 1. The van der Waals surface area contributed by atoms with Gasteiger partial charge < -0.3 is 5.32 Å². The van der Waals surface area contributed by atoms with Crippen molar-refractivity contribution in [3.8, 4) is 0 Å². The summed E-state index contributed by atoms with van der Waals surface area (Å²) in [4.78, 5) is 42.5. The fourth-order valence-corrected chi connectivity index (χ4v) is 1.73. The summed E-state index contributed by atoms with van der Waals surface area (Å²) >= 11 is 5.78. The lowest BCUT2D eigenvalue weighted by molar-refractivity contribution is -0.120. The highest BCUT2D eigenvalue weighted by Crippen LogP contribution is 2.10. The third-order valence-electron chi connectivity index (χ3n) is 2.61. The Labute approximate surface area is 136 Å². The molecule has 0 radical (unpaired) electrons. The molecule has 1 aromatic heterocycles. The van der Waals surface area contributed by atoms with Gasteiger partial charge in [-0.2, -0.15) is 0 Å². The van der Waals surface area contributed by atoms with E-state index >= 15 is 0 Å². The number of hydrazine groups is 1. The van der Waals surface area contributed by atoms with Crippen molar-refractivity contribution in [2.75, 3.05) is 6.54 Å². The van der Waals surface area contributed by atoms with E-state index in [9.17, 15) is 14.4 Å². The monoisotopic (exact) mass is 333 g/mol. The van der Waals surface area contributed by atoms with Gasteiger partial charge in [-0.15, -0.1) is 0 Å². The first-order chi connectivity index (χ1) is 11.1. The summed E-state index contributed by atoms with van der Waals surface area (Å²) in [6.07, 6.45) is 4.02. The highest BCUT2D eigenvalue weighted by Gasteiger charge is 2.10. The average molecular weight is 334 g/mol. The minimum Gasteiger partial charge on any atom is -0.343 e. The Bertz CT molecular complexity index is 723. The summed E-state index contributed by atoms with van der Waals surface area (Å²) in [5.41, 5.74) is 4.69. The normalized spacial score (nSPS) is 9.78. The van der Waals surface area contributed by atoms with E-state index in [1.807, 2.05) is 0 Å². The van der Waals surface area contributed by atoms with E-state index in [4.69, 9.17) is 11.6 Å². The van der Waals surface area contributed by atoms with Gasteiger partial charge in [0.1, 0.15) is 5.69 Å². The molecule has 0 aliphatic heterocycles. The molecule has 3 amide bonds. The Hall–Kier alpha value is -3.00. The molecule has 8 nitrogen and oxygen atoms in total. The van der Waals surface area contributed by atoms with Gasteiger partial charge in [0, 0.05) is 23.0 Å². The highest BCUT2D eigenvalue weighted by atomic mass is 35.5. The van der Waals surface area contributed by atoms with Crippen molar-refractivity contribution >= 4 is 29.3 Å². The number of halogens is 1. The lowest BCUT2D eigenvalue weighted by Gasteiger charge is -2.08. The number of carbonyl (C=O) groups excluding carboxylic acids is 3. The van der Waals surface area contributed by atoms with E-state index in [0.717, 1.165) is 0 Å². The zero-order valence-electron chi connectivity index (χ0n) is 11.7. The molecule has 2 rings (SSSR count). The van der Waals surface area contributed by atoms with Crippen LogP contribution in [0.3, 0.4) is 0 Å². The number of hydrogen-bond acceptors (Lipinski definition) is 5. The molecule has 0 bridgehead atoms. The second kappa shape index (κ2) is 7.85. The molecular weight excluding hydrogens is 322 g/mol. The number of hydrogen-bond donors (Lipinski definition) is 3. The number of nitrogens with one attached hydrogen (secondary N) is 3. The van der Waals surface area contributed by atoms with Gasteiger partial charge in [-0.1, -0.05) is 17.7 Å². The van der Waals surface area contributed by atoms with Crippen molar-refractivity contribution in [2.45, 2.75) is 0 Å². The second-order valence-electron chi connectivity index (χ2n) is 4.29. The van der Waals surface area contributed by atoms with Crippen LogP contribution >= 0.6 is 11.6 Å². The van der Waals surface area contributed by atoms with E-state index in [2.05, 4.69) is 26.1 Å². The van der Waals surface area contributed by atoms with Gasteiger partial charge in [0.15, 0.2) is 0 Å². The fourth-order valence-electron chi connectivity index (χ4n) is 1.54. The predicted molar refractivity (Wildman–Crippen MR) is 81.4 cm³/mol. The Morgan fingerprint density at radius 1 is 1.09 bits per heavy atom. The number of nitrogens with zero attached hydrogens (tertiary/aromatic N) is 2. The third kappa shape index (κ3) is 5.04. The molecular formula is C14H12ClN5O3. The first kappa shape index (κ1) is 16.4. The average Bonchev–Trinajstić information content (AvgIpc) is 2.58. The molecule has 0 saturated heterocycles. The molecule has 0 saturated carbocycles. The topological polar surface area (TPSA) is 113 Å². The number of rotatable bonds is 4. The van der Waals surface area contributed by atoms with Crippen LogP contribution in [0.1, 0.15) is 20.8 Å². The summed E-state index contributed by atoms with van der Waals surface area (Å²) in [6.45, 7) is -0.313. The number of carbonyl (C=O) groups is 3. The first-order valence-corrected chi connectivity index (χ1v) is 6.83. The van der Waals surface area contributed by atoms with Gasteiger partial charge in [-0.3, -0.25) is 30.2 Å². The van der Waals surface area contributed by atoms with Crippen LogP contribution in [-0.2, 0) is 4.79 Å². The van der Waals surface area contributed by atoms with Crippen LogP contribution in [0.25, 0.3) is 0 Å². The molecule has 0 aliphatic carbocycles. The van der Waals surface area contributed by atoms with Crippen LogP contribution in [0.5, 0.6) is 0 Å². The van der Waals surface area contributed by atoms with Gasteiger partial charge in [-0.05, 0) is 18.2 Å². The quantitative estimate of drug-likeness (QED) is 0.697. The van der Waals surface area contributed by atoms with E-state index in [0.29, 0.717) is 10.6 Å². The summed E-state index contributed by atoms with van der Waals surface area (Å²) in [5.74, 6) is -1.67. The Balaban J connectivity index is 1.77. The van der Waals surface area contributed by atoms with E-state index in [1.54, 1.807) is 18.2 Å².